The maximum absolute atomic E-state index is 12.5. The minimum atomic E-state index is 0.116. The van der Waals surface area contributed by atoms with Crippen molar-refractivity contribution in [3.05, 3.63) is 59.3 Å². The third-order valence-corrected chi connectivity index (χ3v) is 4.28. The second-order valence-corrected chi connectivity index (χ2v) is 5.98. The zero-order chi connectivity index (χ0) is 16.2. The molecule has 0 bridgehead atoms. The van der Waals surface area contributed by atoms with Crippen molar-refractivity contribution in [3.8, 4) is 0 Å². The number of nitrogens with two attached hydrogens (primary N) is 1. The van der Waals surface area contributed by atoms with Gasteiger partial charge < -0.3 is 10.6 Å². The number of benzene rings is 1. The summed E-state index contributed by atoms with van der Waals surface area (Å²) in [5, 5.41) is 0. The second-order valence-electron chi connectivity index (χ2n) is 5.98. The number of pyridine rings is 1. The highest BCUT2D eigenvalue weighted by Crippen LogP contribution is 2.14. The van der Waals surface area contributed by atoms with Gasteiger partial charge in [-0.1, -0.05) is 23.8 Å². The molecule has 1 aliphatic rings. The highest BCUT2D eigenvalue weighted by molar-refractivity contribution is 5.94. The van der Waals surface area contributed by atoms with Crippen molar-refractivity contribution in [2.75, 3.05) is 31.9 Å². The Morgan fingerprint density at radius 1 is 1.13 bits per heavy atom. The van der Waals surface area contributed by atoms with Gasteiger partial charge in [0.25, 0.3) is 5.91 Å². The third-order valence-electron chi connectivity index (χ3n) is 4.28. The summed E-state index contributed by atoms with van der Waals surface area (Å²) in [7, 11) is 0. The number of carbonyl (C=O) groups is 1. The van der Waals surface area contributed by atoms with Crippen molar-refractivity contribution in [1.82, 2.24) is 14.8 Å². The van der Waals surface area contributed by atoms with Gasteiger partial charge in [-0.15, -0.1) is 0 Å². The Balaban J connectivity index is 1.57. The number of nitrogens with zero attached hydrogens (tertiary/aromatic N) is 3. The molecule has 0 aliphatic carbocycles. The Morgan fingerprint density at radius 2 is 1.83 bits per heavy atom. The third kappa shape index (κ3) is 3.68. The molecular weight excluding hydrogens is 288 g/mol. The lowest BCUT2D eigenvalue weighted by Crippen LogP contribution is -2.48. The van der Waals surface area contributed by atoms with Crippen LogP contribution in [0.25, 0.3) is 0 Å². The van der Waals surface area contributed by atoms with Crippen molar-refractivity contribution < 1.29 is 4.79 Å². The fourth-order valence-electron chi connectivity index (χ4n) is 2.81. The van der Waals surface area contributed by atoms with Crippen LogP contribution in [-0.4, -0.2) is 46.9 Å². The van der Waals surface area contributed by atoms with Crippen LogP contribution in [0, 0.1) is 6.92 Å². The fraction of sp³-hybridized carbons (Fsp3) is 0.333. The smallest absolute Gasteiger partial charge is 0.253 e. The summed E-state index contributed by atoms with van der Waals surface area (Å²) in [6.07, 6.45) is 1.71. The number of aromatic nitrogens is 1. The Kier molecular flexibility index (Phi) is 4.57. The molecule has 5 nitrogen and oxygen atoms in total. The van der Waals surface area contributed by atoms with Gasteiger partial charge in [0.05, 0.1) is 0 Å². The lowest BCUT2D eigenvalue weighted by atomic mass is 10.1. The highest BCUT2D eigenvalue weighted by atomic mass is 16.2. The normalized spacial score (nSPS) is 15.6. The van der Waals surface area contributed by atoms with E-state index in [9.17, 15) is 4.79 Å². The van der Waals surface area contributed by atoms with E-state index in [2.05, 4.69) is 9.88 Å². The van der Waals surface area contributed by atoms with Crippen LogP contribution in [0.15, 0.2) is 42.6 Å². The molecule has 5 heteroatoms. The van der Waals surface area contributed by atoms with Crippen LogP contribution >= 0.6 is 0 Å². The number of amides is 1. The molecule has 1 saturated heterocycles. The number of carbonyl (C=O) groups excluding carboxylic acids is 1. The molecule has 1 aromatic carbocycles. The topological polar surface area (TPSA) is 62.5 Å². The van der Waals surface area contributed by atoms with Crippen molar-refractivity contribution in [2.45, 2.75) is 13.5 Å². The van der Waals surface area contributed by atoms with Gasteiger partial charge in [-0.2, -0.15) is 0 Å². The molecule has 1 aromatic heterocycles. The van der Waals surface area contributed by atoms with Crippen LogP contribution < -0.4 is 5.73 Å². The molecule has 1 amide bonds. The van der Waals surface area contributed by atoms with Crippen LogP contribution in [0.4, 0.5) is 5.82 Å². The van der Waals surface area contributed by atoms with E-state index in [1.807, 2.05) is 48.2 Å². The maximum atomic E-state index is 12.5. The summed E-state index contributed by atoms with van der Waals surface area (Å²) in [6.45, 7) is 6.00. The maximum Gasteiger partial charge on any atom is 0.253 e. The number of aryl methyl sites for hydroxylation is 1. The summed E-state index contributed by atoms with van der Waals surface area (Å²) >= 11 is 0. The average Bonchev–Trinajstić information content (AvgIpc) is 2.58. The monoisotopic (exact) mass is 310 g/mol. The molecule has 2 N–H and O–H groups in total. The SMILES string of the molecule is Cc1ccc(C(=O)N2CCN(Cc3cccnc3N)CC2)cc1. The standard InChI is InChI=1S/C18H22N4O/c1-14-4-6-15(7-5-14)18(23)22-11-9-21(10-12-22)13-16-3-2-8-20-17(16)19/h2-8H,9-13H2,1H3,(H2,19,20). The van der Waals surface area contributed by atoms with E-state index in [0.29, 0.717) is 5.82 Å². The van der Waals surface area contributed by atoms with Crippen molar-refractivity contribution >= 4 is 11.7 Å². The number of hydrogen-bond acceptors (Lipinski definition) is 4. The van der Waals surface area contributed by atoms with Crippen LogP contribution in [0.5, 0.6) is 0 Å². The first kappa shape index (κ1) is 15.5. The molecule has 0 spiro atoms. The largest absolute Gasteiger partial charge is 0.383 e. The molecule has 1 fully saturated rings. The quantitative estimate of drug-likeness (QED) is 0.941. The summed E-state index contributed by atoms with van der Waals surface area (Å²) in [5.41, 5.74) is 8.88. The van der Waals surface area contributed by atoms with Gasteiger partial charge in [-0.05, 0) is 25.1 Å². The van der Waals surface area contributed by atoms with E-state index in [-0.39, 0.29) is 5.91 Å². The van der Waals surface area contributed by atoms with Crippen LogP contribution in [0.3, 0.4) is 0 Å². The Labute approximate surface area is 136 Å². The number of hydrogen-bond donors (Lipinski definition) is 1. The number of nitrogen functional groups attached to an aromatic ring is 1. The first-order valence-corrected chi connectivity index (χ1v) is 7.91. The molecule has 3 rings (SSSR count). The second kappa shape index (κ2) is 6.79. The van der Waals surface area contributed by atoms with Gasteiger partial charge >= 0.3 is 0 Å². The van der Waals surface area contributed by atoms with Crippen LogP contribution in [0.1, 0.15) is 21.5 Å². The zero-order valence-corrected chi connectivity index (χ0v) is 13.4. The van der Waals surface area contributed by atoms with Gasteiger partial charge in [-0.3, -0.25) is 9.69 Å². The molecule has 2 aromatic rings. The molecule has 0 radical (unpaired) electrons. The number of piperazine rings is 1. The van der Waals surface area contributed by atoms with Gasteiger partial charge in [-0.25, -0.2) is 4.98 Å². The van der Waals surface area contributed by atoms with E-state index in [1.54, 1.807) is 6.20 Å². The van der Waals surface area contributed by atoms with Gasteiger partial charge in [0, 0.05) is 50.0 Å². The molecule has 120 valence electrons. The highest BCUT2D eigenvalue weighted by Gasteiger charge is 2.22. The summed E-state index contributed by atoms with van der Waals surface area (Å²) in [6, 6.07) is 11.7. The first-order chi connectivity index (χ1) is 11.1. The van der Waals surface area contributed by atoms with E-state index in [1.165, 1.54) is 5.56 Å². The minimum Gasteiger partial charge on any atom is -0.383 e. The van der Waals surface area contributed by atoms with Crippen molar-refractivity contribution in [3.63, 3.8) is 0 Å². The van der Waals surface area contributed by atoms with Crippen molar-refractivity contribution in [2.24, 2.45) is 0 Å². The van der Waals surface area contributed by atoms with Gasteiger partial charge in [0.2, 0.25) is 0 Å². The summed E-state index contributed by atoms with van der Waals surface area (Å²) in [5.74, 6) is 0.705. The molecule has 1 aliphatic heterocycles. The van der Waals surface area contributed by atoms with E-state index < -0.39 is 0 Å². The van der Waals surface area contributed by atoms with E-state index in [4.69, 9.17) is 5.73 Å². The molecule has 0 saturated carbocycles. The predicted molar refractivity (Wildman–Crippen MR) is 91.0 cm³/mol. The fourth-order valence-corrected chi connectivity index (χ4v) is 2.81. The molecular formula is C18H22N4O. The van der Waals surface area contributed by atoms with Crippen LogP contribution in [0.2, 0.25) is 0 Å². The van der Waals surface area contributed by atoms with Crippen LogP contribution in [-0.2, 0) is 6.54 Å². The molecule has 0 unspecified atom stereocenters. The van der Waals surface area contributed by atoms with Crippen molar-refractivity contribution in [1.29, 1.82) is 0 Å². The molecule has 23 heavy (non-hydrogen) atoms. The van der Waals surface area contributed by atoms with E-state index in [0.717, 1.165) is 43.9 Å². The summed E-state index contributed by atoms with van der Waals surface area (Å²) < 4.78 is 0. The Bertz CT molecular complexity index is 676. The summed E-state index contributed by atoms with van der Waals surface area (Å²) in [4.78, 5) is 20.9. The zero-order valence-electron chi connectivity index (χ0n) is 13.4. The van der Waals surface area contributed by atoms with Gasteiger partial charge in [0.15, 0.2) is 0 Å². The minimum absolute atomic E-state index is 0.116. The molecule has 2 heterocycles. The average molecular weight is 310 g/mol. The predicted octanol–water partition coefficient (Wildman–Crippen LogP) is 1.93. The lowest BCUT2D eigenvalue weighted by Gasteiger charge is -2.34. The first-order valence-electron chi connectivity index (χ1n) is 7.91. The van der Waals surface area contributed by atoms with E-state index >= 15 is 0 Å². The number of anilines is 1. The Hall–Kier alpha value is -2.40. The Morgan fingerprint density at radius 3 is 2.48 bits per heavy atom. The van der Waals surface area contributed by atoms with Gasteiger partial charge in [0.1, 0.15) is 5.82 Å². The lowest BCUT2D eigenvalue weighted by molar-refractivity contribution is 0.0628. The number of rotatable bonds is 3. The molecule has 0 atom stereocenters.